The van der Waals surface area contributed by atoms with Crippen molar-refractivity contribution in [2.45, 2.75) is 19.3 Å². The number of hydrogen-bond donors (Lipinski definition) is 6. The van der Waals surface area contributed by atoms with Crippen LogP contribution in [0.1, 0.15) is 33.2 Å². The van der Waals surface area contributed by atoms with Crippen LogP contribution in [0.15, 0.2) is 36.5 Å². The van der Waals surface area contributed by atoms with E-state index in [0.717, 1.165) is 0 Å². The Kier molecular flexibility index (Phi) is 6.69. The first kappa shape index (κ1) is 20.9. The van der Waals surface area contributed by atoms with Gasteiger partial charge in [0.05, 0.1) is 11.5 Å². The number of aromatic nitrogens is 1. The summed E-state index contributed by atoms with van der Waals surface area (Å²) < 4.78 is 0. The predicted molar refractivity (Wildman–Crippen MR) is 98.8 cm³/mol. The van der Waals surface area contributed by atoms with Crippen molar-refractivity contribution in [2.24, 2.45) is 0 Å². The van der Waals surface area contributed by atoms with Crippen LogP contribution in [0.5, 0.6) is 5.75 Å². The highest BCUT2D eigenvalue weighted by molar-refractivity contribution is 6.43. The van der Waals surface area contributed by atoms with E-state index in [2.05, 4.69) is 15.6 Å². The van der Waals surface area contributed by atoms with E-state index in [0.29, 0.717) is 0 Å². The number of pyridine rings is 1. The molecule has 1 atom stereocenters. The fourth-order valence-corrected chi connectivity index (χ4v) is 2.43. The quantitative estimate of drug-likeness (QED) is 0.355. The van der Waals surface area contributed by atoms with Crippen molar-refractivity contribution >= 4 is 30.7 Å². The number of aromatic hydroxyl groups is 1. The number of benzene rings is 1. The first-order chi connectivity index (χ1) is 13.2. The molecule has 0 saturated carbocycles. The lowest BCUT2D eigenvalue weighted by molar-refractivity contribution is -0.114. The SMILES string of the molecule is CC(=O)Nc1ccc(C(=O)N[C@@H](Cc2cccc(C(=O)O)c2O)B(O)O)cn1. The standard InChI is InChI=1S/C17H18BN3O7/c1-9(22)20-14-6-5-11(8-19-14)16(24)21-13(18(27)28)7-10-3-2-4-12(15(10)23)17(25)26/h2-6,8,13,23,27-28H,7H2,1H3,(H,21,24)(H,25,26)(H,19,20,22)/t13-/m0/s1. The van der Waals surface area contributed by atoms with Crippen molar-refractivity contribution in [3.8, 4) is 5.75 Å². The molecule has 11 heteroatoms. The van der Waals surface area contributed by atoms with Gasteiger partial charge in [-0.1, -0.05) is 12.1 Å². The van der Waals surface area contributed by atoms with Gasteiger partial charge in [-0.15, -0.1) is 0 Å². The highest BCUT2D eigenvalue weighted by Crippen LogP contribution is 2.24. The molecular weight excluding hydrogens is 369 g/mol. The minimum absolute atomic E-state index is 0.100. The monoisotopic (exact) mass is 387 g/mol. The van der Waals surface area contributed by atoms with E-state index in [1.807, 2.05) is 0 Å². The molecular formula is C17H18BN3O7. The third-order valence-corrected chi connectivity index (χ3v) is 3.80. The number of hydrogen-bond acceptors (Lipinski definition) is 7. The van der Waals surface area contributed by atoms with E-state index in [4.69, 9.17) is 5.11 Å². The number of aromatic carboxylic acids is 1. The molecule has 146 valence electrons. The number of nitrogens with one attached hydrogen (secondary N) is 2. The summed E-state index contributed by atoms with van der Waals surface area (Å²) in [4.78, 5) is 38.3. The number of nitrogens with zero attached hydrogens (tertiary/aromatic N) is 1. The van der Waals surface area contributed by atoms with Crippen LogP contribution >= 0.6 is 0 Å². The molecule has 6 N–H and O–H groups in total. The van der Waals surface area contributed by atoms with Gasteiger partial charge in [-0.25, -0.2) is 9.78 Å². The highest BCUT2D eigenvalue weighted by Gasteiger charge is 2.28. The van der Waals surface area contributed by atoms with Crippen LogP contribution in [-0.4, -0.2) is 56.1 Å². The van der Waals surface area contributed by atoms with Crippen molar-refractivity contribution in [3.05, 3.63) is 53.2 Å². The summed E-state index contributed by atoms with van der Waals surface area (Å²) in [5.41, 5.74) is -0.117. The Morgan fingerprint density at radius 1 is 1.18 bits per heavy atom. The predicted octanol–water partition coefficient (Wildman–Crippen LogP) is -0.203. The van der Waals surface area contributed by atoms with Gasteiger partial charge >= 0.3 is 13.1 Å². The molecule has 2 rings (SSSR count). The number of amides is 2. The topological polar surface area (TPSA) is 169 Å². The number of carbonyl (C=O) groups excluding carboxylic acids is 2. The molecule has 2 amide bonds. The van der Waals surface area contributed by atoms with Gasteiger partial charge < -0.3 is 30.9 Å². The molecule has 1 aromatic heterocycles. The lowest BCUT2D eigenvalue weighted by atomic mass is 9.75. The molecule has 0 aliphatic rings. The second-order valence-electron chi connectivity index (χ2n) is 5.93. The van der Waals surface area contributed by atoms with Gasteiger partial charge in [-0.3, -0.25) is 9.59 Å². The number of carboxylic acids is 1. The fourth-order valence-electron chi connectivity index (χ4n) is 2.43. The zero-order valence-electron chi connectivity index (χ0n) is 14.8. The van der Waals surface area contributed by atoms with Crippen LogP contribution in [0, 0.1) is 0 Å². The summed E-state index contributed by atoms with van der Waals surface area (Å²) in [5, 5.41) is 43.0. The molecule has 0 bridgehead atoms. The van der Waals surface area contributed by atoms with Crippen molar-refractivity contribution in [2.75, 3.05) is 5.32 Å². The van der Waals surface area contributed by atoms with E-state index in [-0.39, 0.29) is 34.8 Å². The van der Waals surface area contributed by atoms with E-state index in [1.54, 1.807) is 0 Å². The zero-order valence-corrected chi connectivity index (χ0v) is 14.8. The largest absolute Gasteiger partial charge is 0.507 e. The van der Waals surface area contributed by atoms with Gasteiger partial charge in [0.25, 0.3) is 5.91 Å². The summed E-state index contributed by atoms with van der Waals surface area (Å²) in [7, 11) is -1.97. The van der Waals surface area contributed by atoms with Gasteiger partial charge in [-0.05, 0) is 30.2 Å². The van der Waals surface area contributed by atoms with Crippen LogP contribution in [0.25, 0.3) is 0 Å². The van der Waals surface area contributed by atoms with Crippen molar-refractivity contribution in [1.82, 2.24) is 10.3 Å². The molecule has 0 aliphatic heterocycles. The Bertz CT molecular complexity index is 887. The van der Waals surface area contributed by atoms with Crippen LogP contribution in [0.2, 0.25) is 0 Å². The van der Waals surface area contributed by atoms with Crippen LogP contribution < -0.4 is 10.6 Å². The molecule has 1 heterocycles. The summed E-state index contributed by atoms with van der Waals surface area (Å²) in [6.45, 7) is 1.31. The van der Waals surface area contributed by atoms with Crippen molar-refractivity contribution in [3.63, 3.8) is 0 Å². The number of rotatable bonds is 7. The van der Waals surface area contributed by atoms with Gasteiger partial charge in [0.2, 0.25) is 5.91 Å². The van der Waals surface area contributed by atoms with E-state index in [9.17, 15) is 29.5 Å². The number of phenols is 1. The van der Waals surface area contributed by atoms with E-state index in [1.165, 1.54) is 43.5 Å². The lowest BCUT2D eigenvalue weighted by Crippen LogP contribution is -2.48. The average Bonchev–Trinajstić information content (AvgIpc) is 2.62. The van der Waals surface area contributed by atoms with Crippen molar-refractivity contribution in [1.29, 1.82) is 0 Å². The second kappa shape index (κ2) is 8.97. The summed E-state index contributed by atoms with van der Waals surface area (Å²) >= 11 is 0. The maximum Gasteiger partial charge on any atom is 0.475 e. The molecule has 0 saturated heterocycles. The summed E-state index contributed by atoms with van der Waals surface area (Å²) in [6, 6.07) is 6.80. The maximum atomic E-state index is 12.3. The maximum absolute atomic E-state index is 12.3. The molecule has 0 fully saturated rings. The van der Waals surface area contributed by atoms with Gasteiger partial charge in [0.15, 0.2) is 0 Å². The van der Waals surface area contributed by atoms with Crippen LogP contribution in [0.3, 0.4) is 0 Å². The number of para-hydroxylation sites is 1. The Labute approximate surface area is 160 Å². The Morgan fingerprint density at radius 3 is 2.43 bits per heavy atom. The number of carbonyl (C=O) groups is 3. The first-order valence-corrected chi connectivity index (χ1v) is 8.13. The molecule has 0 aliphatic carbocycles. The smallest absolute Gasteiger partial charge is 0.475 e. The average molecular weight is 387 g/mol. The third kappa shape index (κ3) is 5.28. The lowest BCUT2D eigenvalue weighted by Gasteiger charge is -2.19. The minimum Gasteiger partial charge on any atom is -0.507 e. The van der Waals surface area contributed by atoms with Gasteiger partial charge in [0.1, 0.15) is 17.1 Å². The van der Waals surface area contributed by atoms with Gasteiger partial charge in [-0.2, -0.15) is 0 Å². The summed E-state index contributed by atoms with van der Waals surface area (Å²) in [5.74, 6) is -3.83. The Morgan fingerprint density at radius 2 is 1.89 bits per heavy atom. The highest BCUT2D eigenvalue weighted by atomic mass is 16.4. The molecule has 0 spiro atoms. The molecule has 28 heavy (non-hydrogen) atoms. The molecule has 0 unspecified atom stereocenters. The normalized spacial score (nSPS) is 11.4. The molecule has 1 aromatic carbocycles. The van der Waals surface area contributed by atoms with Gasteiger partial charge in [0, 0.05) is 13.1 Å². The molecule has 0 radical (unpaired) electrons. The van der Waals surface area contributed by atoms with Crippen LogP contribution in [-0.2, 0) is 11.2 Å². The number of anilines is 1. The zero-order chi connectivity index (χ0) is 20.8. The minimum atomic E-state index is -1.97. The third-order valence-electron chi connectivity index (χ3n) is 3.80. The van der Waals surface area contributed by atoms with Crippen LogP contribution in [0.4, 0.5) is 5.82 Å². The first-order valence-electron chi connectivity index (χ1n) is 8.13. The fraction of sp³-hybridized carbons (Fsp3) is 0.176. The Hall–Kier alpha value is -3.44. The molecule has 10 nitrogen and oxygen atoms in total. The summed E-state index contributed by atoms with van der Waals surface area (Å²) in [6.07, 6.45) is 0.970. The van der Waals surface area contributed by atoms with Crippen molar-refractivity contribution < 1.29 is 34.6 Å². The van der Waals surface area contributed by atoms with E-state index >= 15 is 0 Å². The Balaban J connectivity index is 2.15. The number of carboxylic acid groups (broad SMARTS) is 1. The molecule has 2 aromatic rings. The van der Waals surface area contributed by atoms with E-state index < -0.39 is 30.7 Å². The second-order valence-corrected chi connectivity index (χ2v) is 5.93.